The topological polar surface area (TPSA) is 229 Å². The molecule has 0 heterocycles. The van der Waals surface area contributed by atoms with Crippen LogP contribution in [-0.4, -0.2) is 69.3 Å². The lowest BCUT2D eigenvalue weighted by atomic mass is 9.66. The minimum atomic E-state index is 0. The lowest BCUT2D eigenvalue weighted by molar-refractivity contribution is -0.00927. The summed E-state index contributed by atoms with van der Waals surface area (Å²) < 4.78 is 0. The number of nitrogens with one attached hydrogen (secondary N) is 1. The van der Waals surface area contributed by atoms with E-state index in [1.54, 1.807) is 12.1 Å². The van der Waals surface area contributed by atoms with Crippen molar-refractivity contribution >= 4 is 5.69 Å². The Morgan fingerprint density at radius 3 is 0.950 bits per heavy atom. The summed E-state index contributed by atoms with van der Waals surface area (Å²) in [5.74, 6) is 7.91. The molecule has 11 rings (SSSR count). The summed E-state index contributed by atoms with van der Waals surface area (Å²) in [6.07, 6.45) is 25.3. The van der Waals surface area contributed by atoms with Crippen LogP contribution in [0.25, 0.3) is 0 Å². The van der Waals surface area contributed by atoms with Gasteiger partial charge in [-0.05, 0) is 250 Å². The quantitative estimate of drug-likeness (QED) is 0.121. The van der Waals surface area contributed by atoms with E-state index in [1.165, 1.54) is 120 Å². The molecule has 9 fully saturated rings. The van der Waals surface area contributed by atoms with Gasteiger partial charge in [-0.1, -0.05) is 259 Å². The molecule has 0 aromatic heterocycles. The summed E-state index contributed by atoms with van der Waals surface area (Å²) >= 11 is 0. The van der Waals surface area contributed by atoms with Crippen LogP contribution in [0.4, 0.5) is 5.69 Å². The summed E-state index contributed by atoms with van der Waals surface area (Å²) in [5, 5.41) is 30.5. The van der Waals surface area contributed by atoms with Crippen molar-refractivity contribution in [1.29, 1.82) is 0 Å². The van der Waals surface area contributed by atoms with Gasteiger partial charge in [0.1, 0.15) is 5.75 Å². The predicted molar refractivity (Wildman–Crippen MR) is 450 cm³/mol. The van der Waals surface area contributed by atoms with Gasteiger partial charge in [0.15, 0.2) is 0 Å². The maximum absolute atomic E-state index is 9.02. The Bertz CT molecular complexity index is 2150. The highest BCUT2D eigenvalue weighted by Crippen LogP contribution is 2.57. The Labute approximate surface area is 626 Å². The highest BCUT2D eigenvalue weighted by molar-refractivity contribution is 5.41. The van der Waals surface area contributed by atoms with Gasteiger partial charge in [0.05, 0.1) is 12.2 Å². The van der Waals surface area contributed by atoms with Crippen molar-refractivity contribution in [1.82, 2.24) is 5.32 Å². The third-order valence-corrected chi connectivity index (χ3v) is 21.1. The van der Waals surface area contributed by atoms with Crippen LogP contribution in [0, 0.1) is 80.3 Å². The Kier molecular flexibility index (Phi) is 48.6. The average Bonchev–Trinajstić information content (AvgIpc) is 1.59. The lowest BCUT2D eigenvalue weighted by Gasteiger charge is -2.41. The first kappa shape index (κ1) is 104. The maximum Gasteiger partial charge on any atom is 0.115 e. The van der Waals surface area contributed by atoms with Crippen LogP contribution < -0.4 is 39.7 Å². The van der Waals surface area contributed by atoms with Gasteiger partial charge in [0, 0.05) is 47.5 Å². The van der Waals surface area contributed by atoms with Crippen molar-refractivity contribution < 1.29 is 15.3 Å². The molecule has 6 unspecified atom stereocenters. The summed E-state index contributed by atoms with van der Waals surface area (Å²) in [5.41, 5.74) is 40.6. The van der Waals surface area contributed by atoms with Gasteiger partial charge in [0.2, 0.25) is 0 Å². The van der Waals surface area contributed by atoms with Crippen LogP contribution in [0.2, 0.25) is 0 Å². The number of phenolic OH excluding ortho intramolecular Hbond substituents is 1. The van der Waals surface area contributed by atoms with Crippen LogP contribution >= 0.6 is 0 Å². The molecule has 9 aliphatic rings. The second-order valence-electron chi connectivity index (χ2n) is 40.4. The van der Waals surface area contributed by atoms with Crippen LogP contribution in [0.5, 0.6) is 5.75 Å². The number of nitrogen functional groups attached to an aromatic ring is 1. The zero-order valence-electron chi connectivity index (χ0n) is 69.9. The molecule has 2 aromatic carbocycles. The number of fused-ring (bicyclic) bond motifs is 1. The number of aliphatic hydroxyl groups is 2. The molecule has 0 spiro atoms. The smallest absolute Gasteiger partial charge is 0.115 e. The van der Waals surface area contributed by atoms with Crippen molar-refractivity contribution in [2.75, 3.05) is 5.73 Å². The van der Waals surface area contributed by atoms with Gasteiger partial charge in [-0.3, -0.25) is 0 Å². The van der Waals surface area contributed by atoms with Gasteiger partial charge in [-0.15, -0.1) is 0 Å². The first-order valence-corrected chi connectivity index (χ1v) is 39.6. The van der Waals surface area contributed by atoms with E-state index in [2.05, 4.69) is 225 Å². The molecule has 10 heteroatoms. The number of aliphatic hydroxyl groups excluding tert-OH is 2. The normalized spacial score (nSPS) is 28.9. The first-order valence-electron chi connectivity index (χ1n) is 39.6. The number of rotatable bonds is 1. The van der Waals surface area contributed by atoms with E-state index in [0.717, 1.165) is 78.3 Å². The van der Waals surface area contributed by atoms with E-state index in [0.29, 0.717) is 74.5 Å². The fourth-order valence-corrected chi connectivity index (χ4v) is 13.1. The number of hydrogen-bond acceptors (Lipinski definition) is 10. The number of anilines is 1. The number of phenols is 1. The van der Waals surface area contributed by atoms with Crippen LogP contribution in [0.15, 0.2) is 48.5 Å². The Balaban J connectivity index is -0.000000507. The van der Waals surface area contributed by atoms with Gasteiger partial charge < -0.3 is 55.0 Å². The maximum atomic E-state index is 9.02. The highest BCUT2D eigenvalue weighted by atomic mass is 16.3. The monoisotopic (exact) mass is 1410 g/mol. The minimum absolute atomic E-state index is 0. The van der Waals surface area contributed by atoms with E-state index < -0.39 is 0 Å². The summed E-state index contributed by atoms with van der Waals surface area (Å²) in [6.45, 7) is 66.7. The Morgan fingerprint density at radius 1 is 0.400 bits per heavy atom. The summed E-state index contributed by atoms with van der Waals surface area (Å²) in [7, 11) is 0. The van der Waals surface area contributed by atoms with Crippen molar-refractivity contribution in [3.05, 3.63) is 59.7 Å². The van der Waals surface area contributed by atoms with Crippen LogP contribution in [-0.2, 0) is 10.8 Å². The molecule has 596 valence electrons. The lowest BCUT2D eigenvalue weighted by Crippen LogP contribution is -2.42. The molecule has 0 aliphatic heterocycles. The summed E-state index contributed by atoms with van der Waals surface area (Å²) in [4.78, 5) is 0. The van der Waals surface area contributed by atoms with Crippen molar-refractivity contribution in [2.45, 2.75) is 423 Å². The summed E-state index contributed by atoms with van der Waals surface area (Å²) in [6, 6.07) is 18.9. The van der Waals surface area contributed by atoms with E-state index >= 15 is 0 Å². The van der Waals surface area contributed by atoms with Gasteiger partial charge >= 0.3 is 0 Å². The zero-order chi connectivity index (χ0) is 75.6. The molecule has 9 aliphatic carbocycles. The standard InChI is InChI=1S/C10H19N.C10H15N.C10H14O.C8H17N.C8H16O.4C7H15N.C7H14O.2C3H8.3CH4/c1-10(2,3)6-4-7-8(5-6)9(7)11;2*1-10(2,3)8-4-6-9(11)7-5-8;2*1-8(2,3)6-4-7(9)5-6;1-7(2,3)8-6-4-5-6;1-7(2,3)5-4-6(5)8;1-6-2-4-7(8)5-3-6;1-6-3-2-4-7(8)5-6;1-7(2,3)5-4-6(5)8;2*1-3-2;;;/h6-9H,4-5,11H2,1-3H3;4-7H,11H2,1-3H3;4-7,11H,1-3H3;6-7H,4-5,9H2,1-3H3;6-7,9H,4-5H2,1-3H3;6,8H,4-5H2,1-3H3;5-6H,4,8H2,1-3H3;2*6-7H,2-5,8H2,1H3;5-6,8H,4H2,1-3H3;2*3H2,1-2H3;3*1H4/t;;;;;;;;6-,7+;;;;;;/m........1....../s1. The first-order chi connectivity index (χ1) is 44.0. The van der Waals surface area contributed by atoms with E-state index in [4.69, 9.17) is 49.7 Å². The Hall–Kier alpha value is -2.28. The molecule has 10 nitrogen and oxygen atoms in total. The molecule has 2 aromatic rings. The van der Waals surface area contributed by atoms with Gasteiger partial charge in [-0.25, -0.2) is 0 Å². The second kappa shape index (κ2) is 46.7. The second-order valence-corrected chi connectivity index (χ2v) is 40.4. The fourth-order valence-electron chi connectivity index (χ4n) is 13.1. The van der Waals surface area contributed by atoms with Crippen LogP contribution in [0.1, 0.15) is 370 Å². The van der Waals surface area contributed by atoms with E-state index in [-0.39, 0.29) is 45.3 Å². The molecule has 100 heavy (non-hydrogen) atoms. The highest BCUT2D eigenvalue weighted by Gasteiger charge is 2.55. The SMILES string of the molecule is C.C.C.CC(C)(C)C1CC(N)C1.CC(C)(C)C1CC(O)C1.CC(C)(C)C1CC1N.CC(C)(C)C1CC1O.CC(C)(C)C1CC2C(N)C2C1.CC(C)(C)NC1CC1.CC(C)(C)c1ccc(N)cc1.CC(C)(C)c1ccc(O)cc1.CC1CCC(N)CC1.CCC.CCC.C[C@@H]1CCC[C@H](N)C1. The molecule has 0 radical (unpaired) electrons. The molecule has 0 amide bonds. The molecule has 9 saturated carbocycles. The predicted octanol–water partition coefficient (Wildman–Crippen LogP) is 23.0. The molecule has 0 bridgehead atoms. The Morgan fingerprint density at radius 2 is 0.750 bits per heavy atom. The molecule has 8 atom stereocenters. The average molecular weight is 1410 g/mol. The van der Waals surface area contributed by atoms with Crippen molar-refractivity contribution in [2.24, 2.45) is 109 Å². The van der Waals surface area contributed by atoms with Gasteiger partial charge in [0.25, 0.3) is 0 Å². The number of nitrogens with two attached hydrogens (primary N) is 6. The third kappa shape index (κ3) is 48.0. The van der Waals surface area contributed by atoms with E-state index in [1.807, 2.05) is 24.3 Å². The molecular weight excluding hydrogens is 1230 g/mol. The molecular formula is C90H183N7O3. The van der Waals surface area contributed by atoms with Crippen molar-refractivity contribution in [3.8, 4) is 5.75 Å². The number of hydrogen-bond donors (Lipinski definition) is 10. The van der Waals surface area contributed by atoms with Gasteiger partial charge in [-0.2, -0.15) is 0 Å². The van der Waals surface area contributed by atoms with Crippen molar-refractivity contribution in [3.63, 3.8) is 0 Å². The number of aromatic hydroxyl groups is 1. The molecule has 0 saturated heterocycles. The third-order valence-electron chi connectivity index (χ3n) is 21.1. The van der Waals surface area contributed by atoms with Crippen LogP contribution in [0.3, 0.4) is 0 Å². The minimum Gasteiger partial charge on any atom is -0.508 e. The number of benzene rings is 2. The fraction of sp³-hybridized carbons (Fsp3) is 0.867. The van der Waals surface area contributed by atoms with E-state index in [9.17, 15) is 0 Å². The molecule has 16 N–H and O–H groups in total. The largest absolute Gasteiger partial charge is 0.508 e. The zero-order valence-corrected chi connectivity index (χ0v) is 69.9.